The second kappa shape index (κ2) is 9.34. The van der Waals surface area contributed by atoms with E-state index >= 15 is 0 Å². The lowest BCUT2D eigenvalue weighted by Gasteiger charge is -2.35. The molecule has 0 atom stereocenters. The Hall–Kier alpha value is -4.39. The zero-order valence-corrected chi connectivity index (χ0v) is 20.2. The van der Waals surface area contributed by atoms with Gasteiger partial charge in [0.1, 0.15) is 23.8 Å². The first-order valence-corrected chi connectivity index (χ1v) is 12.2. The van der Waals surface area contributed by atoms with Crippen LogP contribution in [0.25, 0.3) is 16.6 Å². The molecule has 3 aromatic heterocycles. The van der Waals surface area contributed by atoms with Gasteiger partial charge in [-0.2, -0.15) is 0 Å². The van der Waals surface area contributed by atoms with E-state index in [0.29, 0.717) is 31.0 Å². The van der Waals surface area contributed by atoms with E-state index in [1.807, 2.05) is 83.2 Å². The smallest absolute Gasteiger partial charge is 0.257 e. The molecule has 180 valence electrons. The van der Waals surface area contributed by atoms with Crippen LogP contribution < -0.4 is 9.64 Å². The van der Waals surface area contributed by atoms with Gasteiger partial charge < -0.3 is 18.9 Å². The largest absolute Gasteiger partial charge is 0.486 e. The van der Waals surface area contributed by atoms with Gasteiger partial charge in [0.2, 0.25) is 0 Å². The van der Waals surface area contributed by atoms with E-state index in [0.717, 1.165) is 46.7 Å². The van der Waals surface area contributed by atoms with E-state index < -0.39 is 0 Å². The summed E-state index contributed by atoms with van der Waals surface area (Å²) in [6, 6.07) is 23.8. The molecule has 0 radical (unpaired) electrons. The maximum Gasteiger partial charge on any atom is 0.257 e. The number of hydrogen-bond donors (Lipinski definition) is 0. The summed E-state index contributed by atoms with van der Waals surface area (Å²) in [6.07, 6.45) is 3.94. The van der Waals surface area contributed by atoms with Gasteiger partial charge in [-0.15, -0.1) is 0 Å². The molecule has 6 rings (SSSR count). The number of rotatable bonds is 5. The standard InChI is InChI=1S/C29H27N5O2/c1-21-7-6-14-34-19-23(30-28(21)34)20-36-26-11-5-3-9-24(26)29(35)33-17-15-32(16-18-33)27-13-12-22-8-2-4-10-25(22)31-27/h2-14,19H,15-18,20H2,1H3. The third kappa shape index (κ3) is 4.24. The maximum absolute atomic E-state index is 13.4. The molecule has 0 aliphatic carbocycles. The fourth-order valence-electron chi connectivity index (χ4n) is 4.74. The first-order valence-electron chi connectivity index (χ1n) is 12.2. The lowest BCUT2D eigenvalue weighted by Crippen LogP contribution is -2.49. The summed E-state index contributed by atoms with van der Waals surface area (Å²) in [5.74, 6) is 1.52. The van der Waals surface area contributed by atoms with Gasteiger partial charge in [-0.3, -0.25) is 4.79 Å². The zero-order chi connectivity index (χ0) is 24.5. The Labute approximate surface area is 209 Å². The van der Waals surface area contributed by atoms with Crippen LogP contribution in [-0.2, 0) is 6.61 Å². The highest BCUT2D eigenvalue weighted by Gasteiger charge is 2.25. The molecular formula is C29H27N5O2. The van der Waals surface area contributed by atoms with Crippen LogP contribution >= 0.6 is 0 Å². The first-order chi connectivity index (χ1) is 17.7. The molecule has 5 aromatic rings. The number of benzene rings is 2. The number of amides is 1. The van der Waals surface area contributed by atoms with Crippen LogP contribution in [-0.4, -0.2) is 51.4 Å². The number of carbonyl (C=O) groups is 1. The van der Waals surface area contributed by atoms with Gasteiger partial charge in [0.15, 0.2) is 0 Å². The van der Waals surface area contributed by atoms with E-state index in [4.69, 9.17) is 9.72 Å². The Morgan fingerprint density at radius 1 is 0.889 bits per heavy atom. The highest BCUT2D eigenvalue weighted by Crippen LogP contribution is 2.24. The van der Waals surface area contributed by atoms with Crippen molar-refractivity contribution in [1.29, 1.82) is 0 Å². The van der Waals surface area contributed by atoms with Crippen molar-refractivity contribution in [2.75, 3.05) is 31.1 Å². The molecule has 7 heteroatoms. The fourth-order valence-corrected chi connectivity index (χ4v) is 4.74. The minimum absolute atomic E-state index is 0.0115. The second-order valence-corrected chi connectivity index (χ2v) is 9.08. The summed E-state index contributed by atoms with van der Waals surface area (Å²) in [4.78, 5) is 27.1. The maximum atomic E-state index is 13.4. The van der Waals surface area contributed by atoms with Crippen LogP contribution in [0.3, 0.4) is 0 Å². The van der Waals surface area contributed by atoms with Crippen LogP contribution in [0, 0.1) is 6.92 Å². The second-order valence-electron chi connectivity index (χ2n) is 9.08. The normalized spacial score (nSPS) is 13.9. The van der Waals surface area contributed by atoms with Crippen LogP contribution in [0.15, 0.2) is 85.2 Å². The molecule has 1 aliphatic rings. The third-order valence-corrected chi connectivity index (χ3v) is 6.70. The number of imidazole rings is 1. The van der Waals surface area contributed by atoms with Crippen molar-refractivity contribution in [2.24, 2.45) is 0 Å². The van der Waals surface area contributed by atoms with Crippen LogP contribution in [0.4, 0.5) is 5.82 Å². The molecule has 2 aromatic carbocycles. The lowest BCUT2D eigenvalue weighted by molar-refractivity contribution is 0.0741. The van der Waals surface area contributed by atoms with Gasteiger partial charge in [0.25, 0.3) is 5.91 Å². The number of fused-ring (bicyclic) bond motifs is 2. The third-order valence-electron chi connectivity index (χ3n) is 6.70. The number of anilines is 1. The van der Waals surface area contributed by atoms with Gasteiger partial charge >= 0.3 is 0 Å². The summed E-state index contributed by atoms with van der Waals surface area (Å²) < 4.78 is 8.09. The number of piperazine rings is 1. The summed E-state index contributed by atoms with van der Waals surface area (Å²) in [7, 11) is 0. The Kier molecular flexibility index (Phi) is 5.73. The molecule has 0 bridgehead atoms. The molecule has 36 heavy (non-hydrogen) atoms. The van der Waals surface area contributed by atoms with Crippen molar-refractivity contribution < 1.29 is 9.53 Å². The number of carbonyl (C=O) groups excluding carboxylic acids is 1. The number of hydrogen-bond acceptors (Lipinski definition) is 5. The molecule has 1 saturated heterocycles. The number of nitrogens with zero attached hydrogens (tertiary/aromatic N) is 5. The molecular weight excluding hydrogens is 450 g/mol. The summed E-state index contributed by atoms with van der Waals surface area (Å²) >= 11 is 0. The molecule has 1 fully saturated rings. The highest BCUT2D eigenvalue weighted by atomic mass is 16.5. The summed E-state index contributed by atoms with van der Waals surface area (Å²) in [6.45, 7) is 5.08. The van der Waals surface area contributed by atoms with Crippen molar-refractivity contribution in [3.63, 3.8) is 0 Å². The number of aryl methyl sites for hydroxylation is 1. The highest BCUT2D eigenvalue weighted by molar-refractivity contribution is 5.97. The van der Waals surface area contributed by atoms with Crippen molar-refractivity contribution >= 4 is 28.3 Å². The number of para-hydroxylation sites is 2. The quantitative estimate of drug-likeness (QED) is 0.366. The topological polar surface area (TPSA) is 63.0 Å². The molecule has 0 spiro atoms. The lowest BCUT2D eigenvalue weighted by atomic mass is 10.1. The van der Waals surface area contributed by atoms with Gasteiger partial charge in [0, 0.05) is 44.0 Å². The Bertz CT molecular complexity index is 1550. The molecule has 1 aliphatic heterocycles. The number of aromatic nitrogens is 3. The SMILES string of the molecule is Cc1cccn2cc(COc3ccccc3C(=O)N3CCN(c4ccc5ccccc5n4)CC3)nc12. The Morgan fingerprint density at radius 2 is 1.69 bits per heavy atom. The van der Waals surface area contributed by atoms with E-state index in [1.165, 1.54) is 0 Å². The van der Waals surface area contributed by atoms with Crippen molar-refractivity contribution in [3.05, 3.63) is 102 Å². The zero-order valence-electron chi connectivity index (χ0n) is 20.2. The van der Waals surface area contributed by atoms with Gasteiger partial charge in [-0.1, -0.05) is 36.4 Å². The van der Waals surface area contributed by atoms with Gasteiger partial charge in [-0.05, 0) is 48.9 Å². The molecule has 0 unspecified atom stereocenters. The average Bonchev–Trinajstić information content (AvgIpc) is 3.36. The van der Waals surface area contributed by atoms with E-state index in [1.54, 1.807) is 0 Å². The molecule has 7 nitrogen and oxygen atoms in total. The molecule has 1 amide bonds. The predicted molar refractivity (Wildman–Crippen MR) is 141 cm³/mol. The molecule has 4 heterocycles. The summed E-state index contributed by atoms with van der Waals surface area (Å²) in [5.41, 5.74) is 4.41. The monoisotopic (exact) mass is 477 g/mol. The minimum Gasteiger partial charge on any atom is -0.486 e. The number of ether oxygens (including phenoxy) is 1. The van der Waals surface area contributed by atoms with Crippen LogP contribution in [0.2, 0.25) is 0 Å². The van der Waals surface area contributed by atoms with Crippen molar-refractivity contribution in [3.8, 4) is 5.75 Å². The first kappa shape index (κ1) is 22.1. The molecule has 0 saturated carbocycles. The fraction of sp³-hybridized carbons (Fsp3) is 0.207. The Morgan fingerprint density at radius 3 is 2.56 bits per heavy atom. The summed E-state index contributed by atoms with van der Waals surface area (Å²) in [5, 5.41) is 1.13. The van der Waals surface area contributed by atoms with Crippen molar-refractivity contribution in [2.45, 2.75) is 13.5 Å². The number of pyridine rings is 2. The van der Waals surface area contributed by atoms with E-state index in [2.05, 4.69) is 28.1 Å². The van der Waals surface area contributed by atoms with E-state index in [9.17, 15) is 4.79 Å². The van der Waals surface area contributed by atoms with Gasteiger partial charge in [-0.25, -0.2) is 9.97 Å². The average molecular weight is 478 g/mol. The van der Waals surface area contributed by atoms with E-state index in [-0.39, 0.29) is 5.91 Å². The molecule has 0 N–H and O–H groups in total. The van der Waals surface area contributed by atoms with Crippen LogP contribution in [0.1, 0.15) is 21.6 Å². The Balaban J connectivity index is 1.13. The predicted octanol–water partition coefficient (Wildman–Crippen LogP) is 4.73. The van der Waals surface area contributed by atoms with Crippen LogP contribution in [0.5, 0.6) is 5.75 Å². The van der Waals surface area contributed by atoms with Crippen molar-refractivity contribution in [1.82, 2.24) is 19.3 Å². The van der Waals surface area contributed by atoms with Gasteiger partial charge in [0.05, 0.1) is 16.8 Å². The minimum atomic E-state index is -0.0115.